The number of rotatable bonds is 5. The highest BCUT2D eigenvalue weighted by atomic mass is 35.5. The van der Waals surface area contributed by atoms with Crippen molar-refractivity contribution in [3.63, 3.8) is 0 Å². The highest BCUT2D eigenvalue weighted by Gasteiger charge is 2.26. The number of carbonyl (C=O) groups excluding carboxylic acids is 1. The molecule has 0 aliphatic heterocycles. The van der Waals surface area contributed by atoms with Crippen molar-refractivity contribution in [1.82, 2.24) is 4.31 Å². The number of nitrogens with zero attached hydrogens (tertiary/aromatic N) is 2. The molecule has 1 aromatic carbocycles. The van der Waals surface area contributed by atoms with E-state index >= 15 is 0 Å². The van der Waals surface area contributed by atoms with Crippen LogP contribution in [0.3, 0.4) is 0 Å². The molecule has 8 heteroatoms. The van der Waals surface area contributed by atoms with Crippen LogP contribution in [0, 0.1) is 11.3 Å². The average Bonchev–Trinajstić information content (AvgIpc) is 2.43. The summed E-state index contributed by atoms with van der Waals surface area (Å²) in [5.41, 5.74) is 0.182. The molecule has 1 aromatic rings. The van der Waals surface area contributed by atoms with Gasteiger partial charge in [0.05, 0.1) is 22.6 Å². The van der Waals surface area contributed by atoms with E-state index in [1.165, 1.54) is 25.3 Å². The van der Waals surface area contributed by atoms with Crippen LogP contribution in [0.2, 0.25) is 5.02 Å². The van der Waals surface area contributed by atoms with E-state index in [1.807, 2.05) is 6.07 Å². The summed E-state index contributed by atoms with van der Waals surface area (Å²) in [5, 5.41) is 8.81. The first-order valence-electron chi connectivity index (χ1n) is 5.63. The second-order valence-corrected chi connectivity index (χ2v) is 6.11. The number of sulfonamides is 1. The monoisotopic (exact) mass is 316 g/mol. The number of halogens is 1. The second kappa shape index (κ2) is 6.70. The smallest absolute Gasteiger partial charge is 0.321 e. The van der Waals surface area contributed by atoms with E-state index in [4.69, 9.17) is 16.9 Å². The van der Waals surface area contributed by atoms with Crippen LogP contribution in [0.15, 0.2) is 23.1 Å². The molecule has 0 atom stereocenters. The minimum Gasteiger partial charge on any atom is -0.468 e. The van der Waals surface area contributed by atoms with E-state index in [0.717, 1.165) is 4.31 Å². The van der Waals surface area contributed by atoms with Crippen molar-refractivity contribution < 1.29 is 17.9 Å². The van der Waals surface area contributed by atoms with Gasteiger partial charge in [0, 0.05) is 6.54 Å². The van der Waals surface area contributed by atoms with E-state index < -0.39 is 16.0 Å². The maximum absolute atomic E-state index is 12.3. The Morgan fingerprint density at radius 3 is 2.60 bits per heavy atom. The Balaban J connectivity index is 3.18. The summed E-state index contributed by atoms with van der Waals surface area (Å²) < 4.78 is 30.1. The summed E-state index contributed by atoms with van der Waals surface area (Å²) in [4.78, 5) is 11.2. The van der Waals surface area contributed by atoms with Gasteiger partial charge in [0.2, 0.25) is 10.0 Å². The molecule has 20 heavy (non-hydrogen) atoms. The molecule has 1 rings (SSSR count). The van der Waals surface area contributed by atoms with Crippen LogP contribution in [0.4, 0.5) is 0 Å². The lowest BCUT2D eigenvalue weighted by atomic mass is 10.2. The Hall–Kier alpha value is -1.62. The Bertz CT molecular complexity index is 652. The number of methoxy groups -OCH3 is 1. The van der Waals surface area contributed by atoms with Crippen LogP contribution in [-0.4, -0.2) is 38.9 Å². The first-order chi connectivity index (χ1) is 9.36. The summed E-state index contributed by atoms with van der Waals surface area (Å²) >= 11 is 5.82. The molecule has 0 saturated carbocycles. The van der Waals surface area contributed by atoms with Crippen molar-refractivity contribution in [2.45, 2.75) is 11.8 Å². The van der Waals surface area contributed by atoms with Gasteiger partial charge in [0.15, 0.2) is 0 Å². The lowest BCUT2D eigenvalue weighted by Crippen LogP contribution is -2.36. The molecule has 0 unspecified atom stereocenters. The average molecular weight is 317 g/mol. The minimum atomic E-state index is -3.87. The summed E-state index contributed by atoms with van der Waals surface area (Å²) in [7, 11) is -2.68. The van der Waals surface area contributed by atoms with Gasteiger partial charge in [-0.25, -0.2) is 8.42 Å². The molecule has 0 aliphatic carbocycles. The van der Waals surface area contributed by atoms with Crippen LogP contribution >= 0.6 is 11.6 Å². The fraction of sp³-hybridized carbons (Fsp3) is 0.333. The van der Waals surface area contributed by atoms with Crippen molar-refractivity contribution in [3.8, 4) is 6.07 Å². The number of ether oxygens (including phenoxy) is 1. The maximum Gasteiger partial charge on any atom is 0.321 e. The van der Waals surface area contributed by atoms with Gasteiger partial charge in [0.1, 0.15) is 12.6 Å². The van der Waals surface area contributed by atoms with Gasteiger partial charge >= 0.3 is 5.97 Å². The van der Waals surface area contributed by atoms with Crippen molar-refractivity contribution in [1.29, 1.82) is 5.26 Å². The zero-order valence-corrected chi connectivity index (χ0v) is 12.5. The third-order valence-corrected chi connectivity index (χ3v) is 4.81. The molecule has 0 radical (unpaired) electrons. The molecule has 0 aliphatic rings. The highest BCUT2D eigenvalue weighted by molar-refractivity contribution is 7.89. The Morgan fingerprint density at radius 2 is 2.15 bits per heavy atom. The van der Waals surface area contributed by atoms with E-state index in [1.54, 1.807) is 6.92 Å². The number of hydrogen-bond donors (Lipinski definition) is 0. The Labute approximate surface area is 122 Å². The summed E-state index contributed by atoms with van der Waals surface area (Å²) in [6.45, 7) is 1.33. The van der Waals surface area contributed by atoms with Gasteiger partial charge in [-0.1, -0.05) is 18.5 Å². The number of esters is 1. The molecule has 0 bridgehead atoms. The molecular weight excluding hydrogens is 304 g/mol. The lowest BCUT2D eigenvalue weighted by molar-refractivity contribution is -0.140. The molecule has 0 aromatic heterocycles. The fourth-order valence-corrected chi connectivity index (χ4v) is 3.18. The zero-order valence-electron chi connectivity index (χ0n) is 11.0. The van der Waals surface area contributed by atoms with Crippen molar-refractivity contribution in [3.05, 3.63) is 28.8 Å². The number of hydrogen-bond acceptors (Lipinski definition) is 5. The quantitative estimate of drug-likeness (QED) is 0.766. The molecule has 0 fully saturated rings. The molecular formula is C12H13ClN2O4S. The first-order valence-corrected chi connectivity index (χ1v) is 7.45. The van der Waals surface area contributed by atoms with Crippen LogP contribution in [0.5, 0.6) is 0 Å². The van der Waals surface area contributed by atoms with E-state index in [0.29, 0.717) is 0 Å². The largest absolute Gasteiger partial charge is 0.468 e. The lowest BCUT2D eigenvalue weighted by Gasteiger charge is -2.19. The van der Waals surface area contributed by atoms with Crippen molar-refractivity contribution in [2.24, 2.45) is 0 Å². The van der Waals surface area contributed by atoms with E-state index in [-0.39, 0.29) is 28.6 Å². The van der Waals surface area contributed by atoms with Gasteiger partial charge in [-0.05, 0) is 18.2 Å². The zero-order chi connectivity index (χ0) is 15.3. The number of carbonyl (C=O) groups is 1. The topological polar surface area (TPSA) is 87.5 Å². The molecule has 108 valence electrons. The normalized spacial score (nSPS) is 11.2. The SMILES string of the molecule is CCN(CC(=O)OC)S(=O)(=O)c1ccc(C#N)c(Cl)c1. The van der Waals surface area contributed by atoms with E-state index in [2.05, 4.69) is 4.74 Å². The third-order valence-electron chi connectivity index (χ3n) is 2.58. The van der Waals surface area contributed by atoms with E-state index in [9.17, 15) is 13.2 Å². The van der Waals surface area contributed by atoms with Crippen LogP contribution in [-0.2, 0) is 19.6 Å². The predicted molar refractivity (Wildman–Crippen MR) is 72.6 cm³/mol. The van der Waals surface area contributed by atoms with Crippen LogP contribution in [0.1, 0.15) is 12.5 Å². The van der Waals surface area contributed by atoms with Gasteiger partial charge in [-0.15, -0.1) is 0 Å². The number of likely N-dealkylation sites (N-methyl/N-ethyl adjacent to an activating group) is 1. The first kappa shape index (κ1) is 16.4. The molecule has 0 heterocycles. The van der Waals surface area contributed by atoms with Gasteiger partial charge < -0.3 is 4.74 Å². The van der Waals surface area contributed by atoms with Crippen molar-refractivity contribution in [2.75, 3.05) is 20.2 Å². The number of benzene rings is 1. The fourth-order valence-electron chi connectivity index (χ4n) is 1.47. The molecule has 0 amide bonds. The highest BCUT2D eigenvalue weighted by Crippen LogP contribution is 2.22. The molecule has 0 spiro atoms. The maximum atomic E-state index is 12.3. The van der Waals surface area contributed by atoms with Crippen molar-refractivity contribution >= 4 is 27.6 Å². The Morgan fingerprint density at radius 1 is 1.50 bits per heavy atom. The molecule has 6 nitrogen and oxygen atoms in total. The predicted octanol–water partition coefficient (Wildman–Crippen LogP) is 1.40. The minimum absolute atomic E-state index is 0.0442. The summed E-state index contributed by atoms with van der Waals surface area (Å²) in [5.74, 6) is -0.657. The van der Waals surface area contributed by atoms with Gasteiger partial charge in [-0.2, -0.15) is 9.57 Å². The summed E-state index contributed by atoms with van der Waals surface area (Å²) in [6.07, 6.45) is 0. The second-order valence-electron chi connectivity index (χ2n) is 3.76. The standard InChI is InChI=1S/C12H13ClN2O4S/c1-3-15(8-12(16)19-2)20(17,18)10-5-4-9(7-14)11(13)6-10/h4-6H,3,8H2,1-2H3. The molecule has 0 N–H and O–H groups in total. The van der Waals surface area contributed by atoms with Gasteiger partial charge in [-0.3, -0.25) is 4.79 Å². The molecule has 0 saturated heterocycles. The van der Waals surface area contributed by atoms with Crippen LogP contribution < -0.4 is 0 Å². The number of nitriles is 1. The summed E-state index contributed by atoms with van der Waals surface area (Å²) in [6, 6.07) is 5.63. The van der Waals surface area contributed by atoms with Crippen LogP contribution in [0.25, 0.3) is 0 Å². The Kier molecular flexibility index (Phi) is 5.51. The third kappa shape index (κ3) is 3.48. The van der Waals surface area contributed by atoms with Gasteiger partial charge in [0.25, 0.3) is 0 Å².